The SMILES string of the molecule is Cc1ccc(-c2cnc(-c3ccc(-c4ccccc4-c4cc(-c5ccccc5-c5ccc(-c6ccccn6)cc5C)cc(-c5ccccc5-c5ccc(-c6ccccn6)cc5C)c4)cc3)cc2C)cc1. The highest BCUT2D eigenvalue weighted by Crippen LogP contribution is 2.44. The van der Waals surface area contributed by atoms with Crippen LogP contribution in [0.3, 0.4) is 0 Å². The molecule has 0 atom stereocenters. The number of aryl methyl sites for hydroxylation is 4. The Hall–Kier alpha value is -8.79. The molecule has 0 aliphatic carbocycles. The van der Waals surface area contributed by atoms with Crippen molar-refractivity contribution in [2.45, 2.75) is 27.7 Å². The lowest BCUT2D eigenvalue weighted by Gasteiger charge is -2.19. The summed E-state index contributed by atoms with van der Waals surface area (Å²) in [4.78, 5) is 14.2. The average Bonchev–Trinajstić information content (AvgIpc) is 3.41. The standard InChI is InChI=1S/C67H51N3/c1-44-23-25-49(26-24-44)64-43-70-67(39-47(64)4)50-29-27-48(28-30-50)58-15-5-6-16-59(58)53-40-54(60-17-7-9-19-62(60)56-33-31-51(37-45(56)2)65-21-11-13-35-68-65)42-55(41-53)61-18-8-10-20-63(61)57-34-32-52(38-46(57)3)66-22-12-14-36-69-66/h5-43H,1-4H3. The van der Waals surface area contributed by atoms with Crippen LogP contribution >= 0.6 is 0 Å². The van der Waals surface area contributed by atoms with E-state index in [2.05, 4.69) is 232 Å². The minimum Gasteiger partial charge on any atom is -0.256 e. The van der Waals surface area contributed by atoms with Crippen molar-refractivity contribution in [3.8, 4) is 112 Å². The molecule has 0 radical (unpaired) electrons. The van der Waals surface area contributed by atoms with Crippen LogP contribution in [-0.2, 0) is 0 Å². The number of benzene rings is 8. The first-order valence-corrected chi connectivity index (χ1v) is 24.0. The number of hydrogen-bond donors (Lipinski definition) is 0. The van der Waals surface area contributed by atoms with Crippen LogP contribution in [0.4, 0.5) is 0 Å². The fraction of sp³-hybridized carbons (Fsp3) is 0.0597. The zero-order chi connectivity index (χ0) is 47.6. The molecule has 3 aromatic heterocycles. The van der Waals surface area contributed by atoms with Gasteiger partial charge < -0.3 is 0 Å². The highest BCUT2D eigenvalue weighted by molar-refractivity contribution is 5.95. The second-order valence-electron chi connectivity index (χ2n) is 18.3. The Labute approximate surface area is 411 Å². The van der Waals surface area contributed by atoms with Crippen LogP contribution in [0.5, 0.6) is 0 Å². The predicted octanol–water partition coefficient (Wildman–Crippen LogP) is 17.8. The molecule has 0 saturated carbocycles. The van der Waals surface area contributed by atoms with Crippen molar-refractivity contribution in [3.63, 3.8) is 0 Å². The van der Waals surface area contributed by atoms with E-state index in [1.807, 2.05) is 42.9 Å². The van der Waals surface area contributed by atoms with Gasteiger partial charge in [0.15, 0.2) is 0 Å². The Bertz CT molecular complexity index is 3520. The maximum Gasteiger partial charge on any atom is 0.0705 e. The lowest BCUT2D eigenvalue weighted by atomic mass is 9.85. The van der Waals surface area contributed by atoms with Gasteiger partial charge in [-0.3, -0.25) is 15.0 Å². The van der Waals surface area contributed by atoms with Gasteiger partial charge in [0.05, 0.1) is 17.1 Å². The molecule has 0 bridgehead atoms. The predicted molar refractivity (Wildman–Crippen MR) is 293 cm³/mol. The quantitative estimate of drug-likeness (QED) is 0.137. The van der Waals surface area contributed by atoms with E-state index in [0.29, 0.717) is 0 Å². The molecule has 0 spiro atoms. The van der Waals surface area contributed by atoms with Crippen LogP contribution in [0.2, 0.25) is 0 Å². The van der Waals surface area contributed by atoms with Crippen LogP contribution in [0, 0.1) is 27.7 Å². The lowest BCUT2D eigenvalue weighted by Crippen LogP contribution is -1.94. The van der Waals surface area contributed by atoms with Crippen LogP contribution in [0.1, 0.15) is 22.3 Å². The van der Waals surface area contributed by atoms with E-state index in [9.17, 15) is 0 Å². The first-order chi connectivity index (χ1) is 34.3. The van der Waals surface area contributed by atoms with Crippen molar-refractivity contribution < 1.29 is 0 Å². The topological polar surface area (TPSA) is 38.7 Å². The van der Waals surface area contributed by atoms with Crippen molar-refractivity contribution in [1.29, 1.82) is 0 Å². The molecule has 0 amide bonds. The fourth-order valence-corrected chi connectivity index (χ4v) is 9.91. The maximum atomic E-state index is 4.95. The summed E-state index contributed by atoms with van der Waals surface area (Å²) in [6.45, 7) is 8.70. The molecule has 0 aliphatic rings. The summed E-state index contributed by atoms with van der Waals surface area (Å²) < 4.78 is 0. The second kappa shape index (κ2) is 19.1. The van der Waals surface area contributed by atoms with Gasteiger partial charge in [0, 0.05) is 40.8 Å². The van der Waals surface area contributed by atoms with Crippen molar-refractivity contribution in [2.24, 2.45) is 0 Å². The third-order valence-electron chi connectivity index (χ3n) is 13.6. The van der Waals surface area contributed by atoms with Gasteiger partial charge in [0.2, 0.25) is 0 Å². The van der Waals surface area contributed by atoms with E-state index in [0.717, 1.165) is 67.2 Å². The molecule has 0 aliphatic heterocycles. The van der Waals surface area contributed by atoms with Crippen LogP contribution in [-0.4, -0.2) is 15.0 Å². The first-order valence-electron chi connectivity index (χ1n) is 24.0. The van der Waals surface area contributed by atoms with Crippen molar-refractivity contribution >= 4 is 0 Å². The zero-order valence-corrected chi connectivity index (χ0v) is 39.9. The first kappa shape index (κ1) is 43.8. The van der Waals surface area contributed by atoms with Gasteiger partial charge >= 0.3 is 0 Å². The van der Waals surface area contributed by atoms with Gasteiger partial charge in [-0.1, -0.05) is 163 Å². The smallest absolute Gasteiger partial charge is 0.0705 e. The number of nitrogens with zero attached hydrogens (tertiary/aromatic N) is 3. The van der Waals surface area contributed by atoms with Gasteiger partial charge in [0.1, 0.15) is 0 Å². The Morgan fingerprint density at radius 1 is 0.229 bits per heavy atom. The monoisotopic (exact) mass is 897 g/mol. The van der Waals surface area contributed by atoms with Crippen molar-refractivity contribution in [3.05, 3.63) is 259 Å². The number of hydrogen-bond acceptors (Lipinski definition) is 3. The van der Waals surface area contributed by atoms with E-state index < -0.39 is 0 Å². The molecular formula is C67H51N3. The van der Waals surface area contributed by atoms with Crippen molar-refractivity contribution in [2.75, 3.05) is 0 Å². The Kier molecular flexibility index (Phi) is 11.9. The van der Waals surface area contributed by atoms with Crippen LogP contribution in [0.15, 0.2) is 237 Å². The third-order valence-corrected chi connectivity index (χ3v) is 13.6. The van der Waals surface area contributed by atoms with E-state index in [1.165, 1.54) is 66.8 Å². The minimum absolute atomic E-state index is 0.964. The highest BCUT2D eigenvalue weighted by Gasteiger charge is 2.18. The number of pyridine rings is 3. The molecule has 70 heavy (non-hydrogen) atoms. The highest BCUT2D eigenvalue weighted by atomic mass is 14.7. The largest absolute Gasteiger partial charge is 0.256 e. The third kappa shape index (κ3) is 8.77. The molecule has 3 heterocycles. The maximum absolute atomic E-state index is 4.95. The molecular weight excluding hydrogens is 847 g/mol. The molecule has 11 rings (SSSR count). The van der Waals surface area contributed by atoms with E-state index in [-0.39, 0.29) is 0 Å². The zero-order valence-electron chi connectivity index (χ0n) is 39.9. The minimum atomic E-state index is 0.964. The van der Waals surface area contributed by atoms with Gasteiger partial charge in [-0.05, 0) is 177 Å². The molecule has 11 aromatic rings. The summed E-state index contributed by atoms with van der Waals surface area (Å²) in [5, 5.41) is 0. The summed E-state index contributed by atoms with van der Waals surface area (Å²) in [6, 6.07) is 78.9. The van der Waals surface area contributed by atoms with Gasteiger partial charge in [-0.25, -0.2) is 0 Å². The molecule has 0 saturated heterocycles. The Morgan fingerprint density at radius 3 is 1.04 bits per heavy atom. The molecule has 0 unspecified atom stereocenters. The van der Waals surface area contributed by atoms with Gasteiger partial charge in [0.25, 0.3) is 0 Å². The molecule has 8 aromatic carbocycles. The van der Waals surface area contributed by atoms with E-state index >= 15 is 0 Å². The Balaban J connectivity index is 1.03. The van der Waals surface area contributed by atoms with Crippen molar-refractivity contribution in [1.82, 2.24) is 15.0 Å². The van der Waals surface area contributed by atoms with E-state index in [4.69, 9.17) is 4.98 Å². The second-order valence-corrected chi connectivity index (χ2v) is 18.3. The summed E-state index contributed by atoms with van der Waals surface area (Å²) in [5.41, 5.74) is 27.4. The summed E-state index contributed by atoms with van der Waals surface area (Å²) in [5.74, 6) is 0. The Morgan fingerprint density at radius 2 is 0.600 bits per heavy atom. The summed E-state index contributed by atoms with van der Waals surface area (Å²) in [7, 11) is 0. The lowest BCUT2D eigenvalue weighted by molar-refractivity contribution is 1.28. The fourth-order valence-electron chi connectivity index (χ4n) is 9.91. The molecule has 3 heteroatoms. The average molecular weight is 898 g/mol. The van der Waals surface area contributed by atoms with E-state index in [1.54, 1.807) is 0 Å². The molecule has 0 fully saturated rings. The van der Waals surface area contributed by atoms with Crippen LogP contribution < -0.4 is 0 Å². The van der Waals surface area contributed by atoms with Gasteiger partial charge in [-0.15, -0.1) is 0 Å². The molecule has 3 nitrogen and oxygen atoms in total. The summed E-state index contributed by atoms with van der Waals surface area (Å²) >= 11 is 0. The number of rotatable bonds is 10. The molecule has 0 N–H and O–H groups in total. The summed E-state index contributed by atoms with van der Waals surface area (Å²) in [6.07, 6.45) is 5.72. The number of aromatic nitrogens is 3. The molecule has 334 valence electrons. The van der Waals surface area contributed by atoms with Crippen LogP contribution in [0.25, 0.3) is 112 Å². The normalized spacial score (nSPS) is 11.1. The van der Waals surface area contributed by atoms with Gasteiger partial charge in [-0.2, -0.15) is 0 Å².